The van der Waals surface area contributed by atoms with Gasteiger partial charge in [-0.05, 0) is 30.5 Å². The van der Waals surface area contributed by atoms with E-state index < -0.39 is 18.4 Å². The Morgan fingerprint density at radius 1 is 1.19 bits per heavy atom. The van der Waals surface area contributed by atoms with Crippen LogP contribution in [0.15, 0.2) is 24.3 Å². The summed E-state index contributed by atoms with van der Waals surface area (Å²) in [6.45, 7) is 4.10. The van der Waals surface area contributed by atoms with Crippen LogP contribution >= 0.6 is 7.60 Å². The maximum absolute atomic E-state index is 12.6. The van der Waals surface area contributed by atoms with Crippen LogP contribution in [0.4, 0.5) is 5.69 Å². The minimum absolute atomic E-state index is 0.107. The van der Waals surface area contributed by atoms with Crippen molar-refractivity contribution in [2.45, 2.75) is 32.5 Å². The largest absolute Gasteiger partial charge is 0.376 e. The summed E-state index contributed by atoms with van der Waals surface area (Å²) < 4.78 is 23.1. The maximum Gasteiger partial charge on any atom is 0.363 e. The monoisotopic (exact) mass is 317 g/mol. The highest BCUT2D eigenvalue weighted by Gasteiger charge is 2.35. The second-order valence-corrected chi connectivity index (χ2v) is 6.51. The van der Waals surface area contributed by atoms with E-state index >= 15 is 0 Å². The number of hydrogen-bond acceptors (Lipinski definition) is 6. The highest BCUT2D eigenvalue weighted by molar-refractivity contribution is 7.54. The molecule has 0 spiro atoms. The molecule has 0 aliphatic rings. The van der Waals surface area contributed by atoms with Crippen molar-refractivity contribution in [2.24, 2.45) is 0 Å². The van der Waals surface area contributed by atoms with Gasteiger partial charge in [0.15, 0.2) is 5.85 Å². The molecule has 1 aromatic rings. The Morgan fingerprint density at radius 3 is 2.05 bits per heavy atom. The van der Waals surface area contributed by atoms with Gasteiger partial charge in [-0.3, -0.25) is 14.7 Å². The Hall–Kier alpha value is -1.27. The Morgan fingerprint density at radius 2 is 1.67 bits per heavy atom. The molecule has 0 bridgehead atoms. The van der Waals surface area contributed by atoms with Gasteiger partial charge in [0, 0.05) is 12.1 Å². The zero-order valence-corrected chi connectivity index (χ0v) is 13.0. The van der Waals surface area contributed by atoms with Crippen LogP contribution in [-0.2, 0) is 13.6 Å². The molecule has 118 valence electrons. The first-order valence-corrected chi connectivity index (χ1v) is 8.37. The summed E-state index contributed by atoms with van der Waals surface area (Å²) in [5, 5.41) is 20.8. The number of rotatable bonds is 9. The standard InChI is InChI=1S/C13H20NO6P/c1-3-9-19-21(18,20-10-4-2)13(15)11-5-7-12(8-6-11)14(16)17/h5-8,13,15H,3-4,9-10H2,1-2H3/t13-/m1/s1. The van der Waals surface area contributed by atoms with Crippen molar-refractivity contribution in [1.82, 2.24) is 0 Å². The van der Waals surface area contributed by atoms with E-state index in [0.29, 0.717) is 12.8 Å². The van der Waals surface area contributed by atoms with Crippen LogP contribution in [0.5, 0.6) is 0 Å². The van der Waals surface area contributed by atoms with E-state index in [1.807, 2.05) is 13.8 Å². The molecule has 0 unspecified atom stereocenters. The van der Waals surface area contributed by atoms with Gasteiger partial charge in [0.2, 0.25) is 0 Å². The summed E-state index contributed by atoms with van der Waals surface area (Å²) in [5.41, 5.74) is 0.154. The van der Waals surface area contributed by atoms with Crippen LogP contribution in [0.2, 0.25) is 0 Å². The molecule has 1 N–H and O–H groups in total. The van der Waals surface area contributed by atoms with E-state index in [4.69, 9.17) is 9.05 Å². The molecule has 0 saturated carbocycles. The van der Waals surface area contributed by atoms with Gasteiger partial charge in [0.1, 0.15) is 0 Å². The molecule has 1 aromatic carbocycles. The van der Waals surface area contributed by atoms with Gasteiger partial charge in [-0.1, -0.05) is 13.8 Å². The second kappa shape index (κ2) is 8.24. The topological polar surface area (TPSA) is 98.9 Å². The molecule has 0 aliphatic heterocycles. The molecule has 0 radical (unpaired) electrons. The molecule has 1 rings (SSSR count). The molecule has 1 atom stereocenters. The first-order chi connectivity index (χ1) is 9.94. The number of nitrogens with zero attached hydrogens (tertiary/aromatic N) is 1. The number of nitro groups is 1. The Bertz CT molecular complexity index is 492. The molecule has 0 saturated heterocycles. The smallest absolute Gasteiger partial charge is 0.363 e. The van der Waals surface area contributed by atoms with E-state index in [2.05, 4.69) is 0 Å². The van der Waals surface area contributed by atoms with Crippen molar-refractivity contribution in [1.29, 1.82) is 0 Å². The summed E-state index contributed by atoms with van der Waals surface area (Å²) in [6.07, 6.45) is 1.26. The fraction of sp³-hybridized carbons (Fsp3) is 0.538. The normalized spacial score (nSPS) is 13.1. The third-order valence-corrected chi connectivity index (χ3v) is 4.63. The van der Waals surface area contributed by atoms with Crippen molar-refractivity contribution >= 4 is 13.3 Å². The highest BCUT2D eigenvalue weighted by Crippen LogP contribution is 2.59. The van der Waals surface area contributed by atoms with E-state index in [-0.39, 0.29) is 24.5 Å². The Kier molecular flexibility index (Phi) is 6.98. The minimum Gasteiger partial charge on any atom is -0.376 e. The van der Waals surface area contributed by atoms with Crippen molar-refractivity contribution in [3.05, 3.63) is 39.9 Å². The first-order valence-electron chi connectivity index (χ1n) is 6.75. The zero-order chi connectivity index (χ0) is 15.9. The fourth-order valence-electron chi connectivity index (χ4n) is 1.57. The van der Waals surface area contributed by atoms with E-state index in [0.717, 1.165) is 0 Å². The highest BCUT2D eigenvalue weighted by atomic mass is 31.2. The molecule has 0 heterocycles. The summed E-state index contributed by atoms with van der Waals surface area (Å²) in [5.74, 6) is -1.46. The van der Waals surface area contributed by atoms with Crippen LogP contribution in [0, 0.1) is 10.1 Å². The van der Waals surface area contributed by atoms with Crippen molar-refractivity contribution in [3.8, 4) is 0 Å². The van der Waals surface area contributed by atoms with Crippen molar-refractivity contribution in [3.63, 3.8) is 0 Å². The van der Waals surface area contributed by atoms with Crippen LogP contribution < -0.4 is 0 Å². The molecule has 8 heteroatoms. The lowest BCUT2D eigenvalue weighted by Crippen LogP contribution is -2.07. The van der Waals surface area contributed by atoms with Crippen LogP contribution in [0.25, 0.3) is 0 Å². The van der Waals surface area contributed by atoms with Gasteiger partial charge in [-0.15, -0.1) is 0 Å². The van der Waals surface area contributed by atoms with Gasteiger partial charge in [0.25, 0.3) is 5.69 Å². The van der Waals surface area contributed by atoms with E-state index in [1.165, 1.54) is 24.3 Å². The molecule has 0 amide bonds. The SMILES string of the molecule is CCCOP(=O)(OCCC)[C@@H](O)c1ccc([N+](=O)[O-])cc1. The number of benzene rings is 1. The quantitative estimate of drug-likeness (QED) is 0.424. The molecule has 7 nitrogen and oxygen atoms in total. The van der Waals surface area contributed by atoms with Gasteiger partial charge < -0.3 is 14.2 Å². The minimum atomic E-state index is -3.72. The lowest BCUT2D eigenvalue weighted by Gasteiger charge is -2.23. The average Bonchev–Trinajstić information content (AvgIpc) is 2.50. The molecular weight excluding hydrogens is 297 g/mol. The summed E-state index contributed by atoms with van der Waals surface area (Å²) in [4.78, 5) is 10.1. The maximum atomic E-state index is 12.6. The zero-order valence-electron chi connectivity index (χ0n) is 12.1. The molecule has 0 aromatic heterocycles. The fourth-order valence-corrected chi connectivity index (χ4v) is 3.33. The predicted molar refractivity (Wildman–Crippen MR) is 78.1 cm³/mol. The first kappa shape index (κ1) is 17.8. The van der Waals surface area contributed by atoms with E-state index in [9.17, 15) is 19.8 Å². The second-order valence-electron chi connectivity index (χ2n) is 4.43. The number of aliphatic hydroxyl groups excluding tert-OH is 1. The molecule has 0 fully saturated rings. The lowest BCUT2D eigenvalue weighted by molar-refractivity contribution is -0.384. The van der Waals surface area contributed by atoms with Crippen molar-refractivity contribution in [2.75, 3.05) is 13.2 Å². The number of non-ortho nitro benzene ring substituents is 1. The summed E-state index contributed by atoms with van der Waals surface area (Å²) in [7, 11) is -3.72. The third kappa shape index (κ3) is 4.89. The predicted octanol–water partition coefficient (Wildman–Crippen LogP) is 3.63. The van der Waals surface area contributed by atoms with Gasteiger partial charge >= 0.3 is 7.60 Å². The number of hydrogen-bond donors (Lipinski definition) is 1. The third-order valence-electron chi connectivity index (χ3n) is 2.65. The number of aliphatic hydroxyl groups is 1. The summed E-state index contributed by atoms with van der Waals surface area (Å²) >= 11 is 0. The van der Waals surface area contributed by atoms with Crippen LogP contribution in [-0.4, -0.2) is 23.2 Å². The Balaban J connectivity index is 2.95. The van der Waals surface area contributed by atoms with E-state index in [1.54, 1.807) is 0 Å². The van der Waals surface area contributed by atoms with Gasteiger partial charge in [-0.2, -0.15) is 0 Å². The van der Waals surface area contributed by atoms with Gasteiger partial charge in [0.05, 0.1) is 18.1 Å². The average molecular weight is 317 g/mol. The molecular formula is C13H20NO6P. The molecule has 0 aliphatic carbocycles. The van der Waals surface area contributed by atoms with Crippen LogP contribution in [0.3, 0.4) is 0 Å². The van der Waals surface area contributed by atoms with Gasteiger partial charge in [-0.25, -0.2) is 0 Å². The Labute approximate surface area is 123 Å². The van der Waals surface area contributed by atoms with Crippen molar-refractivity contribution < 1.29 is 23.6 Å². The number of nitro benzene ring substituents is 1. The lowest BCUT2D eigenvalue weighted by atomic mass is 10.2. The summed E-state index contributed by atoms with van der Waals surface area (Å²) in [6, 6.07) is 5.17. The molecule has 21 heavy (non-hydrogen) atoms. The van der Waals surface area contributed by atoms with Crippen LogP contribution in [0.1, 0.15) is 38.1 Å².